The van der Waals surface area contributed by atoms with E-state index in [1.54, 1.807) is 6.92 Å². The molecule has 10 heavy (non-hydrogen) atoms. The van der Waals surface area contributed by atoms with Crippen LogP contribution in [0.4, 0.5) is 0 Å². The van der Waals surface area contributed by atoms with E-state index in [0.717, 1.165) is 27.9 Å². The molecule has 0 amide bonds. The van der Waals surface area contributed by atoms with Crippen LogP contribution in [0.5, 0.6) is 0 Å². The Hall–Kier alpha value is 0.140. The number of Topliss-reactive ketones (excluding diaryl/α,β-unsaturated/α-hetero) is 1. The molecule has 0 bridgehead atoms. The second-order valence-corrected chi connectivity index (χ2v) is 4.49. The predicted octanol–water partition coefficient (Wildman–Crippen LogP) is 0.253. The van der Waals surface area contributed by atoms with Crippen LogP contribution in [0.3, 0.4) is 0 Å². The molecule has 4 heteroatoms. The summed E-state index contributed by atoms with van der Waals surface area (Å²) in [5.74, 6) is -2.00. The van der Waals surface area contributed by atoms with Gasteiger partial charge < -0.3 is 0 Å². The third-order valence-corrected chi connectivity index (χ3v) is 2.04. The van der Waals surface area contributed by atoms with E-state index in [0.29, 0.717) is 0 Å². The van der Waals surface area contributed by atoms with Crippen molar-refractivity contribution in [3.63, 3.8) is 0 Å². The molecule has 0 aliphatic heterocycles. The molecule has 0 saturated heterocycles. The molecule has 0 heterocycles. The molecule has 0 spiro atoms. The van der Waals surface area contributed by atoms with Gasteiger partial charge in [0.1, 0.15) is 0 Å². The van der Waals surface area contributed by atoms with Gasteiger partial charge in [-0.2, -0.15) is 0 Å². The number of carboxylic acids is 1. The SMILES string of the molecule is CC(=O)C(C(=O)O)[CH](C)[Na]. The summed E-state index contributed by atoms with van der Waals surface area (Å²) in [6.07, 6.45) is 0. The summed E-state index contributed by atoms with van der Waals surface area (Å²) < 4.78 is 0.0231. The van der Waals surface area contributed by atoms with Gasteiger partial charge in [-0.15, -0.1) is 0 Å². The summed E-state index contributed by atoms with van der Waals surface area (Å²) in [5, 5.41) is 8.52. The molecule has 0 radical (unpaired) electrons. The zero-order chi connectivity index (χ0) is 8.31. The van der Waals surface area contributed by atoms with Crippen molar-refractivity contribution in [2.45, 2.75) is 17.0 Å². The number of carbonyl (C=O) groups excluding carboxylic acids is 1. The van der Waals surface area contributed by atoms with Crippen molar-refractivity contribution in [2.75, 3.05) is 0 Å². The predicted molar refractivity (Wildman–Crippen MR) is 37.0 cm³/mol. The summed E-state index contributed by atoms with van der Waals surface area (Å²) in [5.41, 5.74) is 0. The standard InChI is InChI=1S/C6H9O3.Na/c1-3-5(4(2)7)6(8)9;/h3,5H,1-2H3,(H,8,9);. The Kier molecular flexibility index (Phi) is 4.17. The van der Waals surface area contributed by atoms with Crippen LogP contribution in [0, 0.1) is 5.92 Å². The molecule has 0 aromatic carbocycles. The maximum atomic E-state index is 10.7. The number of ketones is 1. The Balaban J connectivity index is 4.27. The van der Waals surface area contributed by atoms with Crippen LogP contribution in [-0.4, -0.2) is 44.8 Å². The molecule has 0 aliphatic rings. The van der Waals surface area contributed by atoms with E-state index in [1.807, 2.05) is 0 Å². The van der Waals surface area contributed by atoms with Crippen molar-refractivity contribution in [1.29, 1.82) is 0 Å². The number of carbonyl (C=O) groups is 2. The van der Waals surface area contributed by atoms with Crippen LogP contribution in [0.25, 0.3) is 0 Å². The van der Waals surface area contributed by atoms with Crippen molar-refractivity contribution < 1.29 is 14.7 Å². The second kappa shape index (κ2) is 4.11. The van der Waals surface area contributed by atoms with Gasteiger partial charge in [0.2, 0.25) is 0 Å². The van der Waals surface area contributed by atoms with E-state index in [4.69, 9.17) is 5.11 Å². The topological polar surface area (TPSA) is 54.4 Å². The molecule has 3 nitrogen and oxygen atoms in total. The maximum absolute atomic E-state index is 10.7. The van der Waals surface area contributed by atoms with Gasteiger partial charge in [0, 0.05) is 0 Å². The molecular weight excluding hydrogens is 143 g/mol. The second-order valence-electron chi connectivity index (χ2n) is 2.67. The minimum atomic E-state index is -0.991. The van der Waals surface area contributed by atoms with Gasteiger partial charge in [0.25, 0.3) is 0 Å². The van der Waals surface area contributed by atoms with Crippen molar-refractivity contribution in [3.8, 4) is 0 Å². The van der Waals surface area contributed by atoms with Crippen molar-refractivity contribution in [2.24, 2.45) is 5.92 Å². The number of rotatable bonds is 3. The molecule has 0 saturated carbocycles. The number of hydrogen-bond donors (Lipinski definition) is 1. The van der Waals surface area contributed by atoms with Crippen molar-refractivity contribution >= 4 is 39.7 Å². The summed E-state index contributed by atoms with van der Waals surface area (Å²) in [6, 6.07) is 0. The van der Waals surface area contributed by atoms with Crippen LogP contribution < -0.4 is 0 Å². The van der Waals surface area contributed by atoms with Gasteiger partial charge in [-0.3, -0.25) is 0 Å². The first-order valence-corrected chi connectivity index (χ1v) is 4.35. The van der Waals surface area contributed by atoms with Gasteiger partial charge >= 0.3 is 77.3 Å². The molecule has 0 aliphatic carbocycles. The monoisotopic (exact) mass is 152 g/mol. The van der Waals surface area contributed by atoms with Crippen LogP contribution in [-0.2, 0) is 9.59 Å². The number of carboxylic acid groups (broad SMARTS) is 1. The summed E-state index contributed by atoms with van der Waals surface area (Å²) >= 11 is 0.746. The zero-order valence-corrected chi connectivity index (χ0v) is 8.42. The van der Waals surface area contributed by atoms with Crippen LogP contribution >= 0.6 is 0 Å². The van der Waals surface area contributed by atoms with E-state index in [-0.39, 0.29) is 8.95 Å². The molecule has 2 unspecified atom stereocenters. The molecule has 0 rings (SSSR count). The number of hydrogen-bond acceptors (Lipinski definition) is 2. The van der Waals surface area contributed by atoms with Gasteiger partial charge in [-0.25, -0.2) is 0 Å². The fourth-order valence-corrected chi connectivity index (χ4v) is 1.68. The van der Waals surface area contributed by atoms with Gasteiger partial charge in [0.15, 0.2) is 0 Å². The molecule has 1 N–H and O–H groups in total. The molecular formula is C6H9NaO3. The Morgan fingerprint density at radius 2 is 1.90 bits per heavy atom. The first-order chi connectivity index (χ1) is 4.46. The molecule has 52 valence electrons. The van der Waals surface area contributed by atoms with Gasteiger partial charge in [-0.05, 0) is 0 Å². The van der Waals surface area contributed by atoms with E-state index in [1.165, 1.54) is 6.92 Å². The molecule has 2 atom stereocenters. The fraction of sp³-hybridized carbons (Fsp3) is 0.667. The first-order valence-electron chi connectivity index (χ1n) is 3.20. The molecule has 0 aromatic heterocycles. The van der Waals surface area contributed by atoms with Crippen LogP contribution in [0.2, 0.25) is 3.17 Å². The van der Waals surface area contributed by atoms with Crippen LogP contribution in [0.1, 0.15) is 13.8 Å². The van der Waals surface area contributed by atoms with E-state index in [2.05, 4.69) is 0 Å². The van der Waals surface area contributed by atoms with E-state index >= 15 is 0 Å². The molecule has 0 fully saturated rings. The Morgan fingerprint density at radius 3 is 1.90 bits per heavy atom. The fourth-order valence-electron chi connectivity index (χ4n) is 0.928. The van der Waals surface area contributed by atoms with Crippen LogP contribution in [0.15, 0.2) is 0 Å². The average molecular weight is 152 g/mol. The summed E-state index contributed by atoms with van der Waals surface area (Å²) in [7, 11) is 0. The average Bonchev–Trinajstić information content (AvgIpc) is 1.59. The third kappa shape index (κ3) is 2.82. The van der Waals surface area contributed by atoms with E-state index < -0.39 is 11.9 Å². The van der Waals surface area contributed by atoms with Gasteiger partial charge in [0.05, 0.1) is 0 Å². The van der Waals surface area contributed by atoms with Crippen molar-refractivity contribution in [3.05, 3.63) is 0 Å². The zero-order valence-electron chi connectivity index (χ0n) is 6.42. The minimum absolute atomic E-state index is 0.0231. The Morgan fingerprint density at radius 1 is 1.50 bits per heavy atom. The quantitative estimate of drug-likeness (QED) is 0.466. The Bertz CT molecular complexity index is 139. The molecule has 0 aromatic rings. The van der Waals surface area contributed by atoms with Gasteiger partial charge in [-0.1, -0.05) is 0 Å². The summed E-state index contributed by atoms with van der Waals surface area (Å²) in [4.78, 5) is 21.1. The first kappa shape index (κ1) is 10.1. The van der Waals surface area contributed by atoms with Crippen molar-refractivity contribution in [1.82, 2.24) is 0 Å². The third-order valence-electron chi connectivity index (χ3n) is 1.37. The number of aliphatic carboxylic acids is 1. The normalized spacial score (nSPS) is 16.0. The van der Waals surface area contributed by atoms with E-state index in [9.17, 15) is 9.59 Å². The Labute approximate surface area is 77.2 Å². The summed E-state index contributed by atoms with van der Waals surface area (Å²) in [6.45, 7) is 3.11.